The topological polar surface area (TPSA) is 41.9 Å². The van der Waals surface area contributed by atoms with Crippen LogP contribution in [0.25, 0.3) is 0 Å². The number of aliphatic hydroxyl groups is 1. The van der Waals surface area contributed by atoms with Crippen molar-refractivity contribution in [2.45, 2.75) is 18.4 Å². The minimum atomic E-state index is -0.915. The minimum absolute atomic E-state index is 0.276. The Balaban J connectivity index is 1.56. The zero-order chi connectivity index (χ0) is 13.8. The SMILES string of the molecule is O[C@@]1(COc2ccccc2)COCCN(CC2CC2)C1. The van der Waals surface area contributed by atoms with Gasteiger partial charge in [-0.2, -0.15) is 0 Å². The van der Waals surface area contributed by atoms with E-state index in [1.165, 1.54) is 12.8 Å². The van der Waals surface area contributed by atoms with Crippen molar-refractivity contribution in [2.75, 3.05) is 39.5 Å². The molecule has 0 bridgehead atoms. The number of rotatable bonds is 5. The first-order valence-electron chi connectivity index (χ1n) is 7.44. The molecule has 2 aliphatic rings. The first-order valence-corrected chi connectivity index (χ1v) is 7.44. The van der Waals surface area contributed by atoms with Crippen LogP contribution in [0, 0.1) is 5.92 Å². The summed E-state index contributed by atoms with van der Waals surface area (Å²) in [7, 11) is 0. The van der Waals surface area contributed by atoms with Crippen LogP contribution in [-0.2, 0) is 4.74 Å². The van der Waals surface area contributed by atoms with Gasteiger partial charge in [-0.3, -0.25) is 4.90 Å². The maximum atomic E-state index is 10.7. The summed E-state index contributed by atoms with van der Waals surface area (Å²) in [5, 5.41) is 10.7. The third-order valence-corrected chi connectivity index (χ3v) is 3.90. The number of para-hydroxylation sites is 1. The Bertz CT molecular complexity index is 421. The van der Waals surface area contributed by atoms with E-state index in [2.05, 4.69) is 4.90 Å². The second kappa shape index (κ2) is 6.12. The smallest absolute Gasteiger partial charge is 0.134 e. The quantitative estimate of drug-likeness (QED) is 0.886. The van der Waals surface area contributed by atoms with Gasteiger partial charge in [-0.1, -0.05) is 18.2 Å². The molecule has 4 heteroatoms. The highest BCUT2D eigenvalue weighted by Crippen LogP contribution is 2.30. The van der Waals surface area contributed by atoms with Gasteiger partial charge in [0.1, 0.15) is 18.0 Å². The van der Waals surface area contributed by atoms with Gasteiger partial charge in [0, 0.05) is 19.6 Å². The van der Waals surface area contributed by atoms with Gasteiger partial charge in [0.05, 0.1) is 13.2 Å². The number of nitrogens with zero attached hydrogens (tertiary/aromatic N) is 1. The molecule has 0 unspecified atom stereocenters. The summed E-state index contributed by atoms with van der Waals surface area (Å²) < 4.78 is 11.3. The van der Waals surface area contributed by atoms with Gasteiger partial charge in [-0.25, -0.2) is 0 Å². The number of hydrogen-bond donors (Lipinski definition) is 1. The highest BCUT2D eigenvalue weighted by Gasteiger charge is 2.35. The van der Waals surface area contributed by atoms with Gasteiger partial charge < -0.3 is 14.6 Å². The molecule has 1 atom stereocenters. The molecule has 1 N–H and O–H groups in total. The van der Waals surface area contributed by atoms with Crippen molar-refractivity contribution in [1.29, 1.82) is 0 Å². The Morgan fingerprint density at radius 3 is 2.85 bits per heavy atom. The van der Waals surface area contributed by atoms with E-state index in [1.54, 1.807) is 0 Å². The first-order chi connectivity index (χ1) is 9.73. The van der Waals surface area contributed by atoms with E-state index < -0.39 is 5.60 Å². The molecule has 1 aliphatic heterocycles. The fraction of sp³-hybridized carbons (Fsp3) is 0.625. The average molecular weight is 277 g/mol. The van der Waals surface area contributed by atoms with E-state index in [0.717, 1.165) is 24.8 Å². The summed E-state index contributed by atoms with van der Waals surface area (Å²) in [6, 6.07) is 9.63. The molecule has 0 spiro atoms. The molecule has 1 saturated heterocycles. The van der Waals surface area contributed by atoms with Gasteiger partial charge in [0.2, 0.25) is 0 Å². The average Bonchev–Trinajstić information content (AvgIpc) is 3.27. The molecule has 4 nitrogen and oxygen atoms in total. The summed E-state index contributed by atoms with van der Waals surface area (Å²) in [4.78, 5) is 2.32. The van der Waals surface area contributed by atoms with Crippen molar-refractivity contribution in [3.8, 4) is 5.75 Å². The highest BCUT2D eigenvalue weighted by atomic mass is 16.5. The second-order valence-corrected chi connectivity index (χ2v) is 6.06. The van der Waals surface area contributed by atoms with E-state index in [-0.39, 0.29) is 6.61 Å². The van der Waals surface area contributed by atoms with Crippen molar-refractivity contribution < 1.29 is 14.6 Å². The number of β-amino-alcohol motifs (C(OH)–C–C–N with tert-alkyl or cyclic N) is 1. The molecule has 20 heavy (non-hydrogen) atoms. The van der Waals surface area contributed by atoms with Crippen LogP contribution in [0.3, 0.4) is 0 Å². The lowest BCUT2D eigenvalue weighted by Crippen LogP contribution is -2.49. The zero-order valence-electron chi connectivity index (χ0n) is 11.8. The molecule has 3 rings (SSSR count). The van der Waals surface area contributed by atoms with Gasteiger partial charge in [0.15, 0.2) is 0 Å². The molecule has 0 aromatic heterocycles. The lowest BCUT2D eigenvalue weighted by atomic mass is 10.1. The summed E-state index contributed by atoms with van der Waals surface area (Å²) in [6.07, 6.45) is 2.66. The predicted octanol–water partition coefficient (Wildman–Crippen LogP) is 1.54. The third kappa shape index (κ3) is 3.95. The molecule has 1 aromatic carbocycles. The van der Waals surface area contributed by atoms with Gasteiger partial charge in [-0.05, 0) is 30.9 Å². The lowest BCUT2D eigenvalue weighted by Gasteiger charge is -2.30. The molecule has 2 fully saturated rings. The second-order valence-electron chi connectivity index (χ2n) is 6.06. The van der Waals surface area contributed by atoms with Gasteiger partial charge >= 0.3 is 0 Å². The largest absolute Gasteiger partial charge is 0.490 e. The highest BCUT2D eigenvalue weighted by molar-refractivity contribution is 5.21. The number of hydrogen-bond acceptors (Lipinski definition) is 4. The Kier molecular flexibility index (Phi) is 4.24. The van der Waals surface area contributed by atoms with E-state index >= 15 is 0 Å². The van der Waals surface area contributed by atoms with E-state index in [0.29, 0.717) is 19.8 Å². The van der Waals surface area contributed by atoms with Gasteiger partial charge in [-0.15, -0.1) is 0 Å². The van der Waals surface area contributed by atoms with Crippen LogP contribution in [0.15, 0.2) is 30.3 Å². The van der Waals surface area contributed by atoms with Crippen LogP contribution in [0.5, 0.6) is 5.75 Å². The summed E-state index contributed by atoms with van der Waals surface area (Å²) in [5.41, 5.74) is -0.915. The fourth-order valence-corrected chi connectivity index (χ4v) is 2.64. The molecule has 110 valence electrons. The lowest BCUT2D eigenvalue weighted by molar-refractivity contribution is -0.0643. The predicted molar refractivity (Wildman–Crippen MR) is 76.9 cm³/mol. The third-order valence-electron chi connectivity index (χ3n) is 3.90. The Labute approximate surface area is 120 Å². The molecule has 1 aliphatic carbocycles. The number of ether oxygens (including phenoxy) is 2. The maximum absolute atomic E-state index is 10.7. The number of benzene rings is 1. The van der Waals surface area contributed by atoms with Gasteiger partial charge in [0.25, 0.3) is 0 Å². The van der Waals surface area contributed by atoms with Crippen LogP contribution in [-0.4, -0.2) is 55.1 Å². The van der Waals surface area contributed by atoms with E-state index in [9.17, 15) is 5.11 Å². The maximum Gasteiger partial charge on any atom is 0.134 e. The Hall–Kier alpha value is -1.10. The Morgan fingerprint density at radius 1 is 1.30 bits per heavy atom. The standard InChI is InChI=1S/C16H23NO3/c18-16(13-20-15-4-2-1-3-5-15)11-17(8-9-19-12-16)10-14-6-7-14/h1-5,14,18H,6-13H2/t16-/m1/s1. The molecule has 1 saturated carbocycles. The van der Waals surface area contributed by atoms with Crippen LogP contribution in [0.2, 0.25) is 0 Å². The van der Waals surface area contributed by atoms with Crippen LogP contribution >= 0.6 is 0 Å². The summed E-state index contributed by atoms with van der Waals surface area (Å²) >= 11 is 0. The first kappa shape index (κ1) is 13.9. The van der Waals surface area contributed by atoms with Crippen molar-refractivity contribution in [3.05, 3.63) is 30.3 Å². The molecule has 1 aromatic rings. The summed E-state index contributed by atoms with van der Waals surface area (Å²) in [5.74, 6) is 1.62. The van der Waals surface area contributed by atoms with Crippen molar-refractivity contribution in [2.24, 2.45) is 5.92 Å². The van der Waals surface area contributed by atoms with Crippen molar-refractivity contribution in [3.63, 3.8) is 0 Å². The van der Waals surface area contributed by atoms with Crippen LogP contribution in [0.4, 0.5) is 0 Å². The minimum Gasteiger partial charge on any atom is -0.490 e. The van der Waals surface area contributed by atoms with E-state index in [1.807, 2.05) is 30.3 Å². The molecule has 1 heterocycles. The molecule has 0 amide bonds. The summed E-state index contributed by atoms with van der Waals surface area (Å²) in [6.45, 7) is 3.94. The monoisotopic (exact) mass is 277 g/mol. The zero-order valence-corrected chi connectivity index (χ0v) is 11.8. The molecular weight excluding hydrogens is 254 g/mol. The molecule has 0 radical (unpaired) electrons. The normalized spacial score (nSPS) is 28.1. The van der Waals surface area contributed by atoms with Crippen molar-refractivity contribution in [1.82, 2.24) is 4.90 Å². The fourth-order valence-electron chi connectivity index (χ4n) is 2.64. The Morgan fingerprint density at radius 2 is 2.10 bits per heavy atom. The van der Waals surface area contributed by atoms with Crippen LogP contribution in [0.1, 0.15) is 12.8 Å². The van der Waals surface area contributed by atoms with E-state index in [4.69, 9.17) is 9.47 Å². The van der Waals surface area contributed by atoms with Crippen LogP contribution < -0.4 is 4.74 Å². The molecular formula is C16H23NO3. The van der Waals surface area contributed by atoms with Crippen molar-refractivity contribution >= 4 is 0 Å².